The van der Waals surface area contributed by atoms with E-state index in [-0.39, 0.29) is 11.2 Å². The van der Waals surface area contributed by atoms with Gasteiger partial charge in [0.1, 0.15) is 0 Å². The van der Waals surface area contributed by atoms with Crippen molar-refractivity contribution in [3.63, 3.8) is 0 Å². The Balaban J connectivity index is 1.87. The molecule has 1 unspecified atom stereocenters. The molecule has 1 aromatic heterocycles. The molecule has 1 aliphatic heterocycles. The monoisotopic (exact) mass is 287 g/mol. The molecule has 0 aliphatic carbocycles. The van der Waals surface area contributed by atoms with Crippen molar-refractivity contribution < 1.29 is 4.79 Å². The molecule has 1 saturated heterocycles. The third kappa shape index (κ3) is 2.58. The zero-order valence-electron chi connectivity index (χ0n) is 11.1. The van der Waals surface area contributed by atoms with Gasteiger partial charge in [-0.05, 0) is 42.9 Å². The Morgan fingerprint density at radius 1 is 1.35 bits per heavy atom. The van der Waals surface area contributed by atoms with Gasteiger partial charge in [-0.3, -0.25) is 9.78 Å². The van der Waals surface area contributed by atoms with Crippen LogP contribution >= 0.6 is 11.8 Å². The zero-order valence-corrected chi connectivity index (χ0v) is 12.0. The summed E-state index contributed by atoms with van der Waals surface area (Å²) in [5, 5.41) is 3.98. The maximum absolute atomic E-state index is 12.3. The number of pyridine rings is 1. The number of amides is 1. The van der Waals surface area contributed by atoms with E-state index in [2.05, 4.69) is 10.3 Å². The maximum atomic E-state index is 12.3. The van der Waals surface area contributed by atoms with E-state index in [1.54, 1.807) is 24.0 Å². The summed E-state index contributed by atoms with van der Waals surface area (Å²) in [7, 11) is 0. The molecule has 1 aromatic carbocycles. The minimum absolute atomic E-state index is 0.0630. The number of nitrogens with one attached hydrogen (secondary N) is 1. The smallest absolute Gasteiger partial charge is 0.237 e. The van der Waals surface area contributed by atoms with Crippen molar-refractivity contribution in [1.29, 1.82) is 0 Å². The Kier molecular flexibility index (Phi) is 3.78. The van der Waals surface area contributed by atoms with E-state index in [0.717, 1.165) is 35.2 Å². The summed E-state index contributed by atoms with van der Waals surface area (Å²) in [6.07, 6.45) is 5.02. The fourth-order valence-electron chi connectivity index (χ4n) is 2.46. The van der Waals surface area contributed by atoms with Gasteiger partial charge in [0.15, 0.2) is 0 Å². The van der Waals surface area contributed by atoms with Gasteiger partial charge in [0.05, 0.1) is 22.1 Å². The molecule has 4 nitrogen and oxygen atoms in total. The van der Waals surface area contributed by atoms with Gasteiger partial charge < -0.3 is 11.1 Å². The number of carbonyl (C=O) groups excluding carboxylic acids is 1. The number of hydrogen-bond donors (Lipinski definition) is 2. The van der Waals surface area contributed by atoms with Crippen LogP contribution in [0.3, 0.4) is 0 Å². The fourth-order valence-corrected chi connectivity index (χ4v) is 3.66. The standard InChI is InChI=1S/C15H17N3OS/c16-11-6-7-12(10-4-3-8-17-14(10)11)18-15(19)13-5-1-2-9-20-13/h3-4,6-8,13H,1-2,5,9,16H2,(H,18,19). The average molecular weight is 287 g/mol. The Morgan fingerprint density at radius 2 is 2.25 bits per heavy atom. The molecule has 0 spiro atoms. The number of thioether (sulfide) groups is 1. The van der Waals surface area contributed by atoms with Gasteiger partial charge in [0.25, 0.3) is 0 Å². The van der Waals surface area contributed by atoms with Crippen LogP contribution in [0.1, 0.15) is 19.3 Å². The van der Waals surface area contributed by atoms with Crippen LogP contribution in [0.5, 0.6) is 0 Å². The number of rotatable bonds is 2. The summed E-state index contributed by atoms with van der Waals surface area (Å²) in [5.41, 5.74) is 8.08. The summed E-state index contributed by atoms with van der Waals surface area (Å²) >= 11 is 1.75. The molecule has 3 N–H and O–H groups in total. The molecule has 1 atom stereocenters. The van der Waals surface area contributed by atoms with E-state index in [1.165, 1.54) is 6.42 Å². The first-order chi connectivity index (χ1) is 9.75. The molecule has 0 saturated carbocycles. The van der Waals surface area contributed by atoms with E-state index >= 15 is 0 Å². The predicted octanol–water partition coefficient (Wildman–Crippen LogP) is 3.04. The van der Waals surface area contributed by atoms with Crippen LogP contribution in [0.4, 0.5) is 11.4 Å². The molecule has 5 heteroatoms. The Morgan fingerprint density at radius 3 is 3.05 bits per heavy atom. The third-order valence-corrected chi connectivity index (χ3v) is 4.91. The van der Waals surface area contributed by atoms with E-state index in [4.69, 9.17) is 5.73 Å². The Hall–Kier alpha value is -1.75. The highest BCUT2D eigenvalue weighted by Gasteiger charge is 2.22. The molecular formula is C15H17N3OS. The summed E-state index contributed by atoms with van der Waals surface area (Å²) in [5.74, 6) is 1.16. The normalized spacial score (nSPS) is 18.9. The van der Waals surface area contributed by atoms with Crippen LogP contribution in [0.2, 0.25) is 0 Å². The SMILES string of the molecule is Nc1ccc(NC(=O)C2CCCCS2)c2cccnc12. The van der Waals surface area contributed by atoms with Crippen LogP contribution in [0, 0.1) is 0 Å². The molecule has 20 heavy (non-hydrogen) atoms. The van der Waals surface area contributed by atoms with Crippen molar-refractivity contribution >= 4 is 39.9 Å². The molecule has 3 rings (SSSR count). The van der Waals surface area contributed by atoms with E-state index in [0.29, 0.717) is 5.69 Å². The quantitative estimate of drug-likeness (QED) is 0.833. The second-order valence-electron chi connectivity index (χ2n) is 4.95. The summed E-state index contributed by atoms with van der Waals surface area (Å²) in [4.78, 5) is 16.6. The topological polar surface area (TPSA) is 68.0 Å². The van der Waals surface area contributed by atoms with Gasteiger partial charge in [-0.25, -0.2) is 0 Å². The van der Waals surface area contributed by atoms with Crippen molar-refractivity contribution in [3.8, 4) is 0 Å². The molecular weight excluding hydrogens is 270 g/mol. The van der Waals surface area contributed by atoms with Gasteiger partial charge in [-0.15, -0.1) is 11.8 Å². The van der Waals surface area contributed by atoms with Gasteiger partial charge in [-0.2, -0.15) is 0 Å². The molecule has 2 heterocycles. The third-order valence-electron chi connectivity index (χ3n) is 3.53. The predicted molar refractivity (Wildman–Crippen MR) is 84.9 cm³/mol. The van der Waals surface area contributed by atoms with Crippen molar-refractivity contribution in [2.24, 2.45) is 0 Å². The molecule has 2 aromatic rings. The van der Waals surface area contributed by atoms with Crippen LogP contribution in [-0.4, -0.2) is 21.9 Å². The van der Waals surface area contributed by atoms with Gasteiger partial charge in [0, 0.05) is 11.6 Å². The van der Waals surface area contributed by atoms with Crippen LogP contribution < -0.4 is 11.1 Å². The molecule has 0 bridgehead atoms. The van der Waals surface area contributed by atoms with Crippen molar-refractivity contribution in [3.05, 3.63) is 30.5 Å². The largest absolute Gasteiger partial charge is 0.397 e. The number of nitrogens with zero attached hydrogens (tertiary/aromatic N) is 1. The number of benzene rings is 1. The molecule has 1 aliphatic rings. The summed E-state index contributed by atoms with van der Waals surface area (Å²) in [6, 6.07) is 7.43. The van der Waals surface area contributed by atoms with Gasteiger partial charge in [0.2, 0.25) is 5.91 Å². The first-order valence-corrected chi connectivity index (χ1v) is 7.86. The number of fused-ring (bicyclic) bond motifs is 1. The lowest BCUT2D eigenvalue weighted by Crippen LogP contribution is -2.27. The number of nitrogen functional groups attached to an aromatic ring is 1. The number of anilines is 2. The number of nitrogens with two attached hydrogens (primary N) is 1. The highest BCUT2D eigenvalue weighted by molar-refractivity contribution is 8.00. The molecule has 1 fully saturated rings. The average Bonchev–Trinajstić information content (AvgIpc) is 2.51. The van der Waals surface area contributed by atoms with Crippen molar-refractivity contribution in [2.45, 2.75) is 24.5 Å². The fraction of sp³-hybridized carbons (Fsp3) is 0.333. The van der Waals surface area contributed by atoms with E-state index < -0.39 is 0 Å². The lowest BCUT2D eigenvalue weighted by Gasteiger charge is -2.21. The first-order valence-electron chi connectivity index (χ1n) is 6.81. The highest BCUT2D eigenvalue weighted by atomic mass is 32.2. The van der Waals surface area contributed by atoms with Gasteiger partial charge >= 0.3 is 0 Å². The summed E-state index contributed by atoms with van der Waals surface area (Å²) in [6.45, 7) is 0. The molecule has 1 amide bonds. The Labute approximate surface area is 122 Å². The zero-order chi connectivity index (χ0) is 13.9. The lowest BCUT2D eigenvalue weighted by molar-refractivity contribution is -0.115. The minimum atomic E-state index is 0.0630. The second kappa shape index (κ2) is 5.71. The molecule has 0 radical (unpaired) electrons. The minimum Gasteiger partial charge on any atom is -0.397 e. The van der Waals surface area contributed by atoms with Crippen LogP contribution in [0.15, 0.2) is 30.5 Å². The lowest BCUT2D eigenvalue weighted by atomic mass is 10.1. The van der Waals surface area contributed by atoms with Gasteiger partial charge in [-0.1, -0.05) is 6.42 Å². The van der Waals surface area contributed by atoms with Crippen molar-refractivity contribution in [2.75, 3.05) is 16.8 Å². The maximum Gasteiger partial charge on any atom is 0.237 e. The Bertz CT molecular complexity index is 638. The molecule has 104 valence electrons. The van der Waals surface area contributed by atoms with E-state index in [9.17, 15) is 4.79 Å². The highest BCUT2D eigenvalue weighted by Crippen LogP contribution is 2.29. The summed E-state index contributed by atoms with van der Waals surface area (Å²) < 4.78 is 0. The van der Waals surface area contributed by atoms with Crippen molar-refractivity contribution in [1.82, 2.24) is 4.98 Å². The number of hydrogen-bond acceptors (Lipinski definition) is 4. The number of carbonyl (C=O) groups is 1. The first kappa shape index (κ1) is 13.2. The van der Waals surface area contributed by atoms with Crippen LogP contribution in [0.25, 0.3) is 10.9 Å². The van der Waals surface area contributed by atoms with Crippen LogP contribution in [-0.2, 0) is 4.79 Å². The second-order valence-corrected chi connectivity index (χ2v) is 6.26. The number of aromatic nitrogens is 1. The van der Waals surface area contributed by atoms with E-state index in [1.807, 2.05) is 18.2 Å².